The number of sulfonamides is 1. The van der Waals surface area contributed by atoms with E-state index in [2.05, 4.69) is 11.4 Å². The molecule has 0 aliphatic heterocycles. The Hall–Kier alpha value is -2.44. The molecule has 1 amide bonds. The van der Waals surface area contributed by atoms with Gasteiger partial charge in [0.1, 0.15) is 5.54 Å². The number of rotatable bonds is 7. The van der Waals surface area contributed by atoms with Crippen molar-refractivity contribution in [1.29, 1.82) is 5.26 Å². The molecular weight excluding hydrogens is 358 g/mol. The molecule has 26 heavy (non-hydrogen) atoms. The Kier molecular flexibility index (Phi) is 5.68. The van der Waals surface area contributed by atoms with Gasteiger partial charge >= 0.3 is 5.97 Å². The van der Waals surface area contributed by atoms with Crippen LogP contribution < -0.4 is 5.32 Å². The average Bonchev–Trinajstić information content (AvgIpc) is 3.45. The van der Waals surface area contributed by atoms with Crippen molar-refractivity contribution >= 4 is 21.9 Å². The molecule has 1 fully saturated rings. The van der Waals surface area contributed by atoms with Crippen LogP contribution in [0.5, 0.6) is 0 Å². The molecule has 0 unspecified atom stereocenters. The average molecular weight is 379 g/mol. The lowest BCUT2D eigenvalue weighted by atomic mass is 9.98. The van der Waals surface area contributed by atoms with Crippen molar-refractivity contribution in [3.05, 3.63) is 29.8 Å². The molecule has 1 atom stereocenters. The van der Waals surface area contributed by atoms with Crippen molar-refractivity contribution in [1.82, 2.24) is 9.62 Å². The van der Waals surface area contributed by atoms with E-state index in [4.69, 9.17) is 4.74 Å². The van der Waals surface area contributed by atoms with Crippen LogP contribution in [-0.2, 0) is 19.6 Å². The fourth-order valence-corrected chi connectivity index (χ4v) is 3.30. The summed E-state index contributed by atoms with van der Waals surface area (Å²) in [6.07, 6.45) is 1.76. The molecule has 1 aromatic carbocycles. The van der Waals surface area contributed by atoms with Crippen LogP contribution in [0.25, 0.3) is 0 Å². The molecule has 0 radical (unpaired) electrons. The highest BCUT2D eigenvalue weighted by Gasteiger charge is 2.43. The van der Waals surface area contributed by atoms with Gasteiger partial charge in [-0.3, -0.25) is 4.79 Å². The number of benzene rings is 1. The zero-order chi connectivity index (χ0) is 19.5. The number of nitriles is 1. The monoisotopic (exact) mass is 379 g/mol. The highest BCUT2D eigenvalue weighted by Crippen LogP contribution is 2.39. The summed E-state index contributed by atoms with van der Waals surface area (Å²) >= 11 is 0. The molecule has 0 saturated heterocycles. The second-order valence-electron chi connectivity index (χ2n) is 6.52. The third-order valence-electron chi connectivity index (χ3n) is 4.23. The van der Waals surface area contributed by atoms with Crippen molar-refractivity contribution in [3.8, 4) is 6.07 Å². The second-order valence-corrected chi connectivity index (χ2v) is 8.68. The highest BCUT2D eigenvalue weighted by atomic mass is 32.2. The van der Waals surface area contributed by atoms with Gasteiger partial charge in [0.25, 0.3) is 5.91 Å². The lowest BCUT2D eigenvalue weighted by Crippen LogP contribution is -2.48. The van der Waals surface area contributed by atoms with E-state index in [0.29, 0.717) is 0 Å². The molecule has 1 saturated carbocycles. The number of ether oxygens (including phenoxy) is 1. The quantitative estimate of drug-likeness (QED) is 0.704. The summed E-state index contributed by atoms with van der Waals surface area (Å²) in [4.78, 5) is 24.0. The predicted octanol–water partition coefficient (Wildman–Crippen LogP) is 0.902. The van der Waals surface area contributed by atoms with E-state index in [-0.39, 0.29) is 16.4 Å². The molecule has 140 valence electrons. The van der Waals surface area contributed by atoms with Crippen LogP contribution in [-0.4, -0.2) is 50.8 Å². The molecule has 1 aliphatic rings. The van der Waals surface area contributed by atoms with Gasteiger partial charge in [-0.2, -0.15) is 5.26 Å². The third-order valence-corrected chi connectivity index (χ3v) is 6.06. The van der Waals surface area contributed by atoms with E-state index in [1.54, 1.807) is 6.92 Å². The standard InChI is InChI=1S/C17H21N3O5S/c1-17(11-18,13-6-7-13)19-15(21)10-25-16(22)12-4-8-14(9-5-12)26(23,24)20(2)3/h4-5,8-9,13H,6-7,10H2,1-3H3,(H,19,21)/t17-/m0/s1. The van der Waals surface area contributed by atoms with Crippen molar-refractivity contribution in [3.63, 3.8) is 0 Å². The molecule has 2 rings (SSSR count). The lowest BCUT2D eigenvalue weighted by Gasteiger charge is -2.22. The fourth-order valence-electron chi connectivity index (χ4n) is 2.40. The highest BCUT2D eigenvalue weighted by molar-refractivity contribution is 7.89. The normalized spacial score (nSPS) is 16.4. The molecule has 1 N–H and O–H groups in total. The Balaban J connectivity index is 1.94. The molecule has 0 bridgehead atoms. The lowest BCUT2D eigenvalue weighted by molar-refractivity contribution is -0.125. The Bertz CT molecular complexity index is 838. The molecule has 1 aliphatic carbocycles. The maximum Gasteiger partial charge on any atom is 0.338 e. The Morgan fingerprint density at radius 3 is 2.35 bits per heavy atom. The first-order chi connectivity index (χ1) is 12.1. The van der Waals surface area contributed by atoms with Crippen LogP contribution in [0.3, 0.4) is 0 Å². The van der Waals surface area contributed by atoms with Crippen molar-refractivity contribution in [2.45, 2.75) is 30.2 Å². The summed E-state index contributed by atoms with van der Waals surface area (Å²) in [6, 6.07) is 7.32. The maximum absolute atomic E-state index is 12.0. The maximum atomic E-state index is 12.0. The number of hydrogen-bond acceptors (Lipinski definition) is 6. The molecule has 0 aromatic heterocycles. The summed E-state index contributed by atoms with van der Waals surface area (Å²) in [7, 11) is -0.765. The first-order valence-electron chi connectivity index (χ1n) is 8.02. The van der Waals surface area contributed by atoms with Crippen LogP contribution in [0.1, 0.15) is 30.1 Å². The van der Waals surface area contributed by atoms with Gasteiger partial charge in [0.2, 0.25) is 10.0 Å². The third kappa shape index (κ3) is 4.39. The summed E-state index contributed by atoms with van der Waals surface area (Å²) < 4.78 is 30.0. The number of carbonyl (C=O) groups is 2. The van der Waals surface area contributed by atoms with Gasteiger partial charge in [0, 0.05) is 14.1 Å². The van der Waals surface area contributed by atoms with E-state index in [9.17, 15) is 23.3 Å². The first-order valence-corrected chi connectivity index (χ1v) is 9.46. The van der Waals surface area contributed by atoms with Crippen LogP contribution in [0.15, 0.2) is 29.2 Å². The predicted molar refractivity (Wildman–Crippen MR) is 92.5 cm³/mol. The minimum absolute atomic E-state index is 0.0472. The number of carbonyl (C=O) groups excluding carboxylic acids is 2. The van der Waals surface area contributed by atoms with Gasteiger partial charge in [-0.05, 0) is 49.9 Å². The molecule has 0 heterocycles. The van der Waals surface area contributed by atoms with Gasteiger partial charge < -0.3 is 10.1 Å². The van der Waals surface area contributed by atoms with Gasteiger partial charge in [0.05, 0.1) is 16.5 Å². The molecule has 9 heteroatoms. The van der Waals surface area contributed by atoms with E-state index < -0.39 is 34.0 Å². The summed E-state index contributed by atoms with van der Waals surface area (Å²) in [5.74, 6) is -1.18. The van der Waals surface area contributed by atoms with E-state index in [0.717, 1.165) is 17.1 Å². The summed E-state index contributed by atoms with van der Waals surface area (Å²) in [5, 5.41) is 11.8. The minimum Gasteiger partial charge on any atom is -0.452 e. The molecule has 8 nitrogen and oxygen atoms in total. The number of esters is 1. The SMILES string of the molecule is CN(C)S(=O)(=O)c1ccc(C(=O)OCC(=O)N[C@@](C)(C#N)C2CC2)cc1. The second kappa shape index (κ2) is 7.43. The molecule has 0 spiro atoms. The van der Waals surface area contributed by atoms with Gasteiger partial charge in [-0.15, -0.1) is 0 Å². The van der Waals surface area contributed by atoms with Crippen LogP contribution >= 0.6 is 0 Å². The summed E-state index contributed by atoms with van der Waals surface area (Å²) in [5.41, 5.74) is -0.827. The van der Waals surface area contributed by atoms with Crippen molar-refractivity contribution in [2.75, 3.05) is 20.7 Å². The zero-order valence-corrected chi connectivity index (χ0v) is 15.7. The smallest absolute Gasteiger partial charge is 0.338 e. The van der Waals surface area contributed by atoms with Crippen LogP contribution in [0.4, 0.5) is 0 Å². The van der Waals surface area contributed by atoms with Crippen molar-refractivity contribution in [2.24, 2.45) is 5.92 Å². The zero-order valence-electron chi connectivity index (χ0n) is 14.9. The number of nitrogens with one attached hydrogen (secondary N) is 1. The van der Waals surface area contributed by atoms with Crippen molar-refractivity contribution < 1.29 is 22.7 Å². The number of nitrogens with zero attached hydrogens (tertiary/aromatic N) is 2. The minimum atomic E-state index is -3.58. The topological polar surface area (TPSA) is 117 Å². The fraction of sp³-hybridized carbons (Fsp3) is 0.471. The van der Waals surface area contributed by atoms with E-state index >= 15 is 0 Å². The first kappa shape index (κ1) is 19.9. The van der Waals surface area contributed by atoms with E-state index in [1.807, 2.05) is 0 Å². The Morgan fingerprint density at radius 1 is 1.31 bits per heavy atom. The van der Waals surface area contributed by atoms with Crippen LogP contribution in [0.2, 0.25) is 0 Å². The molecule has 1 aromatic rings. The Labute approximate surface area is 152 Å². The Morgan fingerprint density at radius 2 is 1.88 bits per heavy atom. The summed E-state index contributed by atoms with van der Waals surface area (Å²) in [6.45, 7) is 1.13. The number of amides is 1. The van der Waals surface area contributed by atoms with Gasteiger partial charge in [-0.1, -0.05) is 0 Å². The molecular formula is C17H21N3O5S. The van der Waals surface area contributed by atoms with Crippen LogP contribution in [0, 0.1) is 17.2 Å². The van der Waals surface area contributed by atoms with Gasteiger partial charge in [0.15, 0.2) is 6.61 Å². The van der Waals surface area contributed by atoms with E-state index in [1.165, 1.54) is 38.4 Å². The van der Waals surface area contributed by atoms with Gasteiger partial charge in [-0.25, -0.2) is 17.5 Å². The number of hydrogen-bond donors (Lipinski definition) is 1. The largest absolute Gasteiger partial charge is 0.452 e.